The van der Waals surface area contributed by atoms with Gasteiger partial charge in [0.25, 0.3) is 0 Å². The van der Waals surface area contributed by atoms with Gasteiger partial charge < -0.3 is 4.57 Å². The molecular formula is C18H15BrN2. The van der Waals surface area contributed by atoms with Crippen molar-refractivity contribution in [3.8, 4) is 5.69 Å². The Labute approximate surface area is 132 Å². The fraction of sp³-hybridized carbons (Fsp3) is 0.0556. The van der Waals surface area contributed by atoms with Crippen molar-refractivity contribution < 1.29 is 0 Å². The Hall–Kier alpha value is -2.13. The molecule has 0 aliphatic heterocycles. The van der Waals surface area contributed by atoms with Crippen molar-refractivity contribution in [1.82, 2.24) is 4.57 Å². The summed E-state index contributed by atoms with van der Waals surface area (Å²) in [6.45, 7) is 2.10. The number of nitrogens with zero attached hydrogens (tertiary/aromatic N) is 2. The summed E-state index contributed by atoms with van der Waals surface area (Å²) in [4.78, 5) is 4.55. The van der Waals surface area contributed by atoms with E-state index >= 15 is 0 Å². The minimum absolute atomic E-state index is 0.941. The highest BCUT2D eigenvalue weighted by Crippen LogP contribution is 2.19. The van der Waals surface area contributed by atoms with Gasteiger partial charge in [0.05, 0.1) is 17.6 Å². The summed E-state index contributed by atoms with van der Waals surface area (Å²) in [5.41, 5.74) is 4.36. The van der Waals surface area contributed by atoms with Crippen LogP contribution in [0.2, 0.25) is 0 Å². The molecular weight excluding hydrogens is 324 g/mol. The molecule has 2 aromatic carbocycles. The first-order valence-electron chi connectivity index (χ1n) is 6.77. The van der Waals surface area contributed by atoms with Crippen molar-refractivity contribution in [1.29, 1.82) is 0 Å². The lowest BCUT2D eigenvalue weighted by atomic mass is 10.3. The lowest BCUT2D eigenvalue weighted by molar-refractivity contribution is 1.01. The lowest BCUT2D eigenvalue weighted by Crippen LogP contribution is -2.00. The van der Waals surface area contributed by atoms with Gasteiger partial charge in [0, 0.05) is 15.9 Å². The smallest absolute Gasteiger partial charge is 0.0641 e. The maximum absolute atomic E-state index is 4.55. The molecule has 1 aromatic heterocycles. The Morgan fingerprint density at radius 1 is 0.905 bits per heavy atom. The summed E-state index contributed by atoms with van der Waals surface area (Å²) in [5, 5.41) is 0. The van der Waals surface area contributed by atoms with Crippen molar-refractivity contribution in [2.75, 3.05) is 0 Å². The number of aromatic nitrogens is 1. The van der Waals surface area contributed by atoms with E-state index < -0.39 is 0 Å². The van der Waals surface area contributed by atoms with Crippen molar-refractivity contribution in [2.24, 2.45) is 4.99 Å². The molecule has 0 aliphatic rings. The number of hydrogen-bond donors (Lipinski definition) is 0. The molecule has 21 heavy (non-hydrogen) atoms. The first kappa shape index (κ1) is 13.8. The second-order valence-electron chi connectivity index (χ2n) is 4.81. The van der Waals surface area contributed by atoms with Crippen LogP contribution in [0.15, 0.2) is 76.2 Å². The predicted molar refractivity (Wildman–Crippen MR) is 91.9 cm³/mol. The molecule has 3 rings (SSSR count). The van der Waals surface area contributed by atoms with E-state index in [0.717, 1.165) is 21.5 Å². The third kappa shape index (κ3) is 3.14. The average molecular weight is 339 g/mol. The van der Waals surface area contributed by atoms with Gasteiger partial charge in [-0.3, -0.25) is 4.99 Å². The summed E-state index contributed by atoms with van der Waals surface area (Å²) in [6.07, 6.45) is 1.91. The Morgan fingerprint density at radius 2 is 1.62 bits per heavy atom. The standard InChI is InChI=1S/C18H15BrN2/c1-14-7-12-18(21(14)17-5-3-2-4-6-17)13-20-16-10-8-15(19)9-11-16/h2-13H,1H3. The lowest BCUT2D eigenvalue weighted by Gasteiger charge is -2.08. The first-order chi connectivity index (χ1) is 10.2. The summed E-state index contributed by atoms with van der Waals surface area (Å²) in [5.74, 6) is 0. The molecule has 0 fully saturated rings. The number of aryl methyl sites for hydroxylation is 1. The van der Waals surface area contributed by atoms with E-state index in [1.54, 1.807) is 0 Å². The maximum atomic E-state index is 4.55. The molecule has 0 saturated heterocycles. The van der Waals surface area contributed by atoms with Crippen molar-refractivity contribution in [3.63, 3.8) is 0 Å². The number of aliphatic imine (C=N–C) groups is 1. The van der Waals surface area contributed by atoms with Gasteiger partial charge in [0.1, 0.15) is 0 Å². The van der Waals surface area contributed by atoms with Crippen molar-refractivity contribution in [2.45, 2.75) is 6.92 Å². The summed E-state index contributed by atoms with van der Waals surface area (Å²) < 4.78 is 3.26. The summed E-state index contributed by atoms with van der Waals surface area (Å²) in [7, 11) is 0. The molecule has 0 amide bonds. The monoisotopic (exact) mass is 338 g/mol. The molecule has 0 aliphatic carbocycles. The molecule has 0 N–H and O–H groups in total. The molecule has 2 nitrogen and oxygen atoms in total. The zero-order chi connectivity index (χ0) is 14.7. The highest BCUT2D eigenvalue weighted by atomic mass is 79.9. The van der Waals surface area contributed by atoms with Crippen LogP contribution in [0, 0.1) is 6.92 Å². The fourth-order valence-corrected chi connectivity index (χ4v) is 2.52. The number of rotatable bonds is 3. The zero-order valence-corrected chi connectivity index (χ0v) is 13.3. The van der Waals surface area contributed by atoms with Crippen LogP contribution < -0.4 is 0 Å². The highest BCUT2D eigenvalue weighted by molar-refractivity contribution is 9.10. The normalized spacial score (nSPS) is 11.1. The number of halogens is 1. The van der Waals surface area contributed by atoms with Crippen LogP contribution in [0.25, 0.3) is 5.69 Å². The molecule has 0 bridgehead atoms. The number of benzene rings is 2. The molecule has 0 atom stereocenters. The summed E-state index contributed by atoms with van der Waals surface area (Å²) in [6, 6.07) is 22.5. The van der Waals surface area contributed by atoms with E-state index in [1.807, 2.05) is 48.7 Å². The third-order valence-corrected chi connectivity index (χ3v) is 3.82. The van der Waals surface area contributed by atoms with E-state index in [4.69, 9.17) is 0 Å². The topological polar surface area (TPSA) is 17.3 Å². The molecule has 0 spiro atoms. The van der Waals surface area contributed by atoms with Crippen LogP contribution in [0.1, 0.15) is 11.4 Å². The quantitative estimate of drug-likeness (QED) is 0.576. The maximum Gasteiger partial charge on any atom is 0.0641 e. The Bertz CT molecular complexity index is 756. The van der Waals surface area contributed by atoms with E-state index in [2.05, 4.69) is 56.7 Å². The van der Waals surface area contributed by atoms with E-state index in [0.29, 0.717) is 0 Å². The molecule has 3 heteroatoms. The molecule has 3 aromatic rings. The van der Waals surface area contributed by atoms with Crippen molar-refractivity contribution >= 4 is 27.8 Å². The van der Waals surface area contributed by atoms with Crippen LogP contribution in [0.3, 0.4) is 0 Å². The van der Waals surface area contributed by atoms with Crippen LogP contribution in [0.4, 0.5) is 5.69 Å². The molecule has 0 unspecified atom stereocenters. The van der Waals surface area contributed by atoms with Gasteiger partial charge in [-0.15, -0.1) is 0 Å². The molecule has 104 valence electrons. The second-order valence-corrected chi connectivity index (χ2v) is 5.72. The molecule has 0 saturated carbocycles. The van der Waals surface area contributed by atoms with Crippen LogP contribution in [-0.4, -0.2) is 10.8 Å². The van der Waals surface area contributed by atoms with Gasteiger partial charge in [-0.25, -0.2) is 0 Å². The Morgan fingerprint density at radius 3 is 2.33 bits per heavy atom. The van der Waals surface area contributed by atoms with Crippen molar-refractivity contribution in [3.05, 3.63) is 82.6 Å². The van der Waals surface area contributed by atoms with E-state index in [1.165, 1.54) is 5.69 Å². The zero-order valence-electron chi connectivity index (χ0n) is 11.7. The van der Waals surface area contributed by atoms with Crippen LogP contribution in [0.5, 0.6) is 0 Å². The van der Waals surface area contributed by atoms with Gasteiger partial charge in [0.2, 0.25) is 0 Å². The fourth-order valence-electron chi connectivity index (χ4n) is 2.26. The van der Waals surface area contributed by atoms with E-state index in [9.17, 15) is 0 Å². The number of para-hydroxylation sites is 1. The third-order valence-electron chi connectivity index (χ3n) is 3.29. The highest BCUT2D eigenvalue weighted by Gasteiger charge is 2.04. The summed E-state index contributed by atoms with van der Waals surface area (Å²) >= 11 is 3.43. The molecule has 1 heterocycles. The number of hydrogen-bond acceptors (Lipinski definition) is 1. The largest absolute Gasteiger partial charge is 0.313 e. The minimum Gasteiger partial charge on any atom is -0.313 e. The van der Waals surface area contributed by atoms with Gasteiger partial charge in [-0.2, -0.15) is 0 Å². The van der Waals surface area contributed by atoms with Gasteiger partial charge in [0.15, 0.2) is 0 Å². The van der Waals surface area contributed by atoms with Crippen LogP contribution in [-0.2, 0) is 0 Å². The van der Waals surface area contributed by atoms with Gasteiger partial charge >= 0.3 is 0 Å². The average Bonchev–Trinajstić information content (AvgIpc) is 2.88. The predicted octanol–water partition coefficient (Wildman–Crippen LogP) is 5.30. The second kappa shape index (κ2) is 6.10. The van der Waals surface area contributed by atoms with E-state index in [-0.39, 0.29) is 0 Å². The Kier molecular flexibility index (Phi) is 4.02. The van der Waals surface area contributed by atoms with Crippen LogP contribution >= 0.6 is 15.9 Å². The van der Waals surface area contributed by atoms with Gasteiger partial charge in [-0.05, 0) is 55.5 Å². The first-order valence-corrected chi connectivity index (χ1v) is 7.57. The molecule has 0 radical (unpaired) electrons. The minimum atomic E-state index is 0.941. The van der Waals surface area contributed by atoms with Gasteiger partial charge in [-0.1, -0.05) is 34.1 Å². The Balaban J connectivity index is 1.95. The SMILES string of the molecule is Cc1ccc(C=Nc2ccc(Br)cc2)n1-c1ccccc1.